The molecule has 4 nitrogen and oxygen atoms in total. The highest BCUT2D eigenvalue weighted by Gasteiger charge is 2.31. The van der Waals surface area contributed by atoms with Crippen molar-refractivity contribution >= 4 is 15.9 Å². The van der Waals surface area contributed by atoms with Crippen LogP contribution in [0.15, 0.2) is 27.2 Å². The van der Waals surface area contributed by atoms with E-state index in [1.165, 1.54) is 12.8 Å². The van der Waals surface area contributed by atoms with Gasteiger partial charge in [0.25, 0.3) is 0 Å². The number of aryl methyl sites for hydroxylation is 1. The summed E-state index contributed by atoms with van der Waals surface area (Å²) in [4.78, 5) is 4.51. The fourth-order valence-corrected chi connectivity index (χ4v) is 3.35. The van der Waals surface area contributed by atoms with Crippen LogP contribution in [0.4, 0.5) is 0 Å². The number of nitrogens with zero attached hydrogens (tertiary/aromatic N) is 2. The van der Waals surface area contributed by atoms with E-state index in [-0.39, 0.29) is 5.54 Å². The molecule has 0 aliphatic heterocycles. The van der Waals surface area contributed by atoms with Gasteiger partial charge >= 0.3 is 0 Å². The first-order chi connectivity index (χ1) is 9.56. The van der Waals surface area contributed by atoms with Crippen LogP contribution < -0.4 is 5.73 Å². The normalized spacial score (nSPS) is 17.6. The number of aromatic nitrogens is 2. The van der Waals surface area contributed by atoms with Gasteiger partial charge in [-0.3, -0.25) is 0 Å². The van der Waals surface area contributed by atoms with Crippen molar-refractivity contribution in [1.29, 1.82) is 0 Å². The minimum Gasteiger partial charge on any atom is -0.339 e. The van der Waals surface area contributed by atoms with Crippen LogP contribution in [0, 0.1) is 6.92 Å². The van der Waals surface area contributed by atoms with Crippen LogP contribution in [0.2, 0.25) is 0 Å². The molecule has 0 saturated heterocycles. The summed E-state index contributed by atoms with van der Waals surface area (Å²) in [5, 5.41) is 4.09. The molecule has 1 fully saturated rings. The fourth-order valence-electron chi connectivity index (χ4n) is 2.87. The van der Waals surface area contributed by atoms with Gasteiger partial charge in [-0.2, -0.15) is 4.98 Å². The lowest BCUT2D eigenvalue weighted by Crippen LogP contribution is -2.38. The van der Waals surface area contributed by atoms with E-state index >= 15 is 0 Å². The van der Waals surface area contributed by atoms with Crippen LogP contribution in [0.25, 0.3) is 11.4 Å². The number of halogens is 1. The van der Waals surface area contributed by atoms with Crippen LogP contribution in [0.3, 0.4) is 0 Å². The highest BCUT2D eigenvalue weighted by molar-refractivity contribution is 9.10. The number of nitrogens with two attached hydrogens (primary N) is 1. The molecule has 1 saturated carbocycles. The van der Waals surface area contributed by atoms with E-state index in [0.717, 1.165) is 28.4 Å². The van der Waals surface area contributed by atoms with E-state index in [4.69, 9.17) is 10.3 Å². The van der Waals surface area contributed by atoms with Gasteiger partial charge in [0.1, 0.15) is 0 Å². The van der Waals surface area contributed by atoms with Crippen molar-refractivity contribution in [3.63, 3.8) is 0 Å². The Bertz CT molecular complexity index is 617. The average molecular weight is 336 g/mol. The standard InChI is InChI=1S/C15H18BrN3O/c1-10-8-11(16)4-5-12(10)14-18-13(20-19-14)9-15(17)6-2-3-7-15/h4-5,8H,2-3,6-7,9,17H2,1H3. The van der Waals surface area contributed by atoms with Crippen molar-refractivity contribution in [3.8, 4) is 11.4 Å². The van der Waals surface area contributed by atoms with Crippen LogP contribution >= 0.6 is 15.9 Å². The Hall–Kier alpha value is -1.20. The first-order valence-electron chi connectivity index (χ1n) is 6.94. The number of hydrogen-bond acceptors (Lipinski definition) is 4. The molecule has 5 heteroatoms. The van der Waals surface area contributed by atoms with E-state index in [0.29, 0.717) is 18.1 Å². The summed E-state index contributed by atoms with van der Waals surface area (Å²) in [5.74, 6) is 1.29. The van der Waals surface area contributed by atoms with Gasteiger partial charge in [0, 0.05) is 22.0 Å². The van der Waals surface area contributed by atoms with E-state index in [2.05, 4.69) is 26.1 Å². The molecule has 1 aliphatic carbocycles. The lowest BCUT2D eigenvalue weighted by atomic mass is 9.95. The maximum atomic E-state index is 6.35. The molecule has 3 rings (SSSR count). The lowest BCUT2D eigenvalue weighted by Gasteiger charge is -2.20. The summed E-state index contributed by atoms with van der Waals surface area (Å²) in [6.07, 6.45) is 5.16. The van der Waals surface area contributed by atoms with Gasteiger partial charge in [-0.15, -0.1) is 0 Å². The van der Waals surface area contributed by atoms with E-state index < -0.39 is 0 Å². The van der Waals surface area contributed by atoms with Gasteiger partial charge in [-0.05, 0) is 43.5 Å². The Labute approximate surface area is 126 Å². The van der Waals surface area contributed by atoms with Gasteiger partial charge in [0.05, 0.1) is 0 Å². The monoisotopic (exact) mass is 335 g/mol. The van der Waals surface area contributed by atoms with Crippen LogP contribution in [0.1, 0.15) is 37.1 Å². The second-order valence-electron chi connectivity index (χ2n) is 5.72. The summed E-state index contributed by atoms with van der Waals surface area (Å²) in [7, 11) is 0. The SMILES string of the molecule is Cc1cc(Br)ccc1-c1noc(CC2(N)CCCC2)n1. The van der Waals surface area contributed by atoms with Crippen LogP contribution in [-0.2, 0) is 6.42 Å². The lowest BCUT2D eigenvalue weighted by molar-refractivity contribution is 0.329. The molecule has 1 aliphatic rings. The average Bonchev–Trinajstić information content (AvgIpc) is 2.99. The third kappa shape index (κ3) is 2.79. The van der Waals surface area contributed by atoms with Gasteiger partial charge in [-0.1, -0.05) is 33.9 Å². The predicted molar refractivity (Wildman–Crippen MR) is 81.3 cm³/mol. The number of benzene rings is 1. The van der Waals surface area contributed by atoms with Gasteiger partial charge < -0.3 is 10.3 Å². The fraction of sp³-hybridized carbons (Fsp3) is 0.467. The summed E-state index contributed by atoms with van der Waals surface area (Å²) in [6, 6.07) is 6.04. The van der Waals surface area contributed by atoms with Crippen molar-refractivity contribution in [2.45, 2.75) is 44.6 Å². The van der Waals surface area contributed by atoms with Gasteiger partial charge in [-0.25, -0.2) is 0 Å². The van der Waals surface area contributed by atoms with Gasteiger partial charge in [0.2, 0.25) is 11.7 Å². The molecule has 2 aromatic rings. The van der Waals surface area contributed by atoms with Crippen molar-refractivity contribution < 1.29 is 4.52 Å². The summed E-state index contributed by atoms with van der Waals surface area (Å²) in [5.41, 5.74) is 8.32. The topological polar surface area (TPSA) is 64.9 Å². The second kappa shape index (κ2) is 5.30. The molecule has 0 atom stereocenters. The molecule has 1 heterocycles. The first-order valence-corrected chi connectivity index (χ1v) is 7.73. The predicted octanol–water partition coefficient (Wildman–Crippen LogP) is 3.62. The van der Waals surface area contributed by atoms with E-state index in [1.807, 2.05) is 25.1 Å². The molecule has 2 N–H and O–H groups in total. The first kappa shape index (κ1) is 13.8. The zero-order valence-corrected chi connectivity index (χ0v) is 13.1. The zero-order chi connectivity index (χ0) is 14.2. The summed E-state index contributed by atoms with van der Waals surface area (Å²) in [6.45, 7) is 2.04. The molecule has 0 bridgehead atoms. The molecule has 20 heavy (non-hydrogen) atoms. The Balaban J connectivity index is 1.83. The third-order valence-electron chi connectivity index (χ3n) is 4.00. The van der Waals surface area contributed by atoms with Crippen molar-refractivity contribution in [3.05, 3.63) is 34.1 Å². The molecular weight excluding hydrogens is 318 g/mol. The van der Waals surface area contributed by atoms with Crippen molar-refractivity contribution in [2.24, 2.45) is 5.73 Å². The molecular formula is C15H18BrN3O. The second-order valence-corrected chi connectivity index (χ2v) is 6.63. The van der Waals surface area contributed by atoms with Crippen LogP contribution in [-0.4, -0.2) is 15.7 Å². The molecule has 0 amide bonds. The van der Waals surface area contributed by atoms with E-state index in [9.17, 15) is 0 Å². The Morgan fingerprint density at radius 3 is 2.80 bits per heavy atom. The Kier molecular flexibility index (Phi) is 3.65. The smallest absolute Gasteiger partial charge is 0.228 e. The molecule has 0 unspecified atom stereocenters. The Morgan fingerprint density at radius 1 is 1.35 bits per heavy atom. The van der Waals surface area contributed by atoms with Gasteiger partial charge in [0.15, 0.2) is 0 Å². The minimum atomic E-state index is -0.154. The molecule has 106 valence electrons. The van der Waals surface area contributed by atoms with Crippen LogP contribution in [0.5, 0.6) is 0 Å². The number of rotatable bonds is 3. The minimum absolute atomic E-state index is 0.154. The maximum Gasteiger partial charge on any atom is 0.228 e. The summed E-state index contributed by atoms with van der Waals surface area (Å²) >= 11 is 3.46. The zero-order valence-electron chi connectivity index (χ0n) is 11.5. The quantitative estimate of drug-likeness (QED) is 0.930. The highest BCUT2D eigenvalue weighted by atomic mass is 79.9. The molecule has 0 radical (unpaired) electrons. The molecule has 0 spiro atoms. The summed E-state index contributed by atoms with van der Waals surface area (Å²) < 4.78 is 6.43. The van der Waals surface area contributed by atoms with Crippen molar-refractivity contribution in [2.75, 3.05) is 0 Å². The van der Waals surface area contributed by atoms with Crippen molar-refractivity contribution in [1.82, 2.24) is 10.1 Å². The molecule has 1 aromatic carbocycles. The number of hydrogen-bond donors (Lipinski definition) is 1. The maximum absolute atomic E-state index is 6.35. The third-order valence-corrected chi connectivity index (χ3v) is 4.49. The highest BCUT2D eigenvalue weighted by Crippen LogP contribution is 2.31. The largest absolute Gasteiger partial charge is 0.339 e. The Morgan fingerprint density at radius 2 is 2.10 bits per heavy atom. The van der Waals surface area contributed by atoms with E-state index in [1.54, 1.807) is 0 Å². The molecule has 1 aromatic heterocycles.